The molecular formula is C25H27FN4O4S2. The average molecular weight is 531 g/mol. The van der Waals surface area contributed by atoms with Gasteiger partial charge in [-0.05, 0) is 59.1 Å². The van der Waals surface area contributed by atoms with Gasteiger partial charge in [0.05, 0.1) is 6.33 Å². The van der Waals surface area contributed by atoms with Gasteiger partial charge < -0.3 is 15.6 Å². The molecule has 0 radical (unpaired) electrons. The van der Waals surface area contributed by atoms with E-state index in [0.717, 1.165) is 17.4 Å². The minimum atomic E-state index is -4.07. The molecule has 0 aliphatic rings. The molecule has 0 aliphatic carbocycles. The maximum absolute atomic E-state index is 13.5. The molecule has 0 saturated heterocycles. The van der Waals surface area contributed by atoms with Crippen molar-refractivity contribution in [3.63, 3.8) is 0 Å². The Morgan fingerprint density at radius 1 is 1.19 bits per heavy atom. The number of sulfone groups is 1. The fraction of sp³-hybridized carbons (Fsp3) is 0.240. The summed E-state index contributed by atoms with van der Waals surface area (Å²) in [6.07, 6.45) is 9.42. The average Bonchev–Trinajstić information content (AvgIpc) is 3.34. The normalized spacial score (nSPS) is 13.7. The number of carbonyl (C=O) groups is 2. The van der Waals surface area contributed by atoms with Crippen molar-refractivity contribution in [2.45, 2.75) is 17.8 Å². The third kappa shape index (κ3) is 6.41. The summed E-state index contributed by atoms with van der Waals surface area (Å²) < 4.78 is 40.4. The number of carbonyl (C=O) groups excluding carboxylic acids is 2. The molecule has 0 unspecified atom stereocenters. The van der Waals surface area contributed by atoms with E-state index >= 15 is 0 Å². The van der Waals surface area contributed by atoms with E-state index in [1.807, 2.05) is 10.6 Å². The van der Waals surface area contributed by atoms with Crippen LogP contribution in [-0.4, -0.2) is 52.9 Å². The highest BCUT2D eigenvalue weighted by atomic mass is 32.2. The first-order valence-corrected chi connectivity index (χ1v) is 14.2. The molecule has 190 valence electrons. The molecule has 0 spiro atoms. The second-order valence-electron chi connectivity index (χ2n) is 8.20. The van der Waals surface area contributed by atoms with E-state index in [1.54, 1.807) is 55.3 Å². The first-order valence-electron chi connectivity index (χ1n) is 10.9. The fourth-order valence-corrected chi connectivity index (χ4v) is 5.40. The number of aromatic nitrogens is 2. The number of amides is 2. The number of nitrogens with two attached hydrogens (primary N) is 1. The van der Waals surface area contributed by atoms with Crippen molar-refractivity contribution in [3.8, 4) is 0 Å². The first-order chi connectivity index (χ1) is 17.1. The van der Waals surface area contributed by atoms with Crippen LogP contribution in [0, 0.1) is 5.82 Å². The molecule has 1 heterocycles. The van der Waals surface area contributed by atoms with E-state index in [4.69, 9.17) is 5.73 Å². The highest BCUT2D eigenvalue weighted by Gasteiger charge is 2.47. The Kier molecular flexibility index (Phi) is 8.70. The van der Waals surface area contributed by atoms with Gasteiger partial charge in [0.15, 0.2) is 9.84 Å². The molecule has 1 aromatic heterocycles. The van der Waals surface area contributed by atoms with Gasteiger partial charge in [0, 0.05) is 37.2 Å². The Morgan fingerprint density at radius 2 is 1.92 bits per heavy atom. The molecule has 36 heavy (non-hydrogen) atoms. The van der Waals surface area contributed by atoms with Crippen molar-refractivity contribution >= 4 is 45.1 Å². The number of hydrogen-bond donors (Lipinski definition) is 2. The van der Waals surface area contributed by atoms with Gasteiger partial charge in [-0.15, -0.1) is 0 Å². The number of rotatable bonds is 11. The Morgan fingerprint density at radius 3 is 2.50 bits per heavy atom. The van der Waals surface area contributed by atoms with Crippen LogP contribution in [0.25, 0.3) is 11.6 Å². The zero-order chi connectivity index (χ0) is 26.3. The summed E-state index contributed by atoms with van der Waals surface area (Å²) in [5.41, 5.74) is 7.89. The monoisotopic (exact) mass is 530 g/mol. The van der Waals surface area contributed by atoms with Gasteiger partial charge in [-0.25, -0.2) is 17.8 Å². The van der Waals surface area contributed by atoms with Crippen LogP contribution in [0.5, 0.6) is 0 Å². The molecule has 0 aliphatic heterocycles. The van der Waals surface area contributed by atoms with Crippen LogP contribution in [-0.2, 0) is 21.2 Å². The Labute approximate surface area is 213 Å². The van der Waals surface area contributed by atoms with Crippen LogP contribution < -0.4 is 11.1 Å². The summed E-state index contributed by atoms with van der Waals surface area (Å²) in [6.45, 7) is 0.440. The molecule has 2 aromatic carbocycles. The van der Waals surface area contributed by atoms with Crippen molar-refractivity contribution in [3.05, 3.63) is 89.8 Å². The minimum absolute atomic E-state index is 0.156. The van der Waals surface area contributed by atoms with Crippen LogP contribution in [0.2, 0.25) is 0 Å². The van der Waals surface area contributed by atoms with Crippen LogP contribution in [0.1, 0.15) is 27.9 Å². The number of thioether (sulfide) groups is 1. The van der Waals surface area contributed by atoms with E-state index in [-0.39, 0.29) is 17.8 Å². The summed E-state index contributed by atoms with van der Waals surface area (Å²) in [5.74, 6) is -1.94. The van der Waals surface area contributed by atoms with Crippen molar-refractivity contribution < 1.29 is 22.4 Å². The largest absolute Gasteiger partial charge is 0.367 e. The number of primary amides is 1. The Hall–Kier alpha value is -3.44. The SMILES string of the molecule is CSCC[C@@](NC(=O)c1cccc(/C=C(/Cn2ccnc2)c2ccc(F)cc2)c1)(C(N)=O)S(C)(=O)=O. The zero-order valence-electron chi connectivity index (χ0n) is 19.8. The van der Waals surface area contributed by atoms with Gasteiger partial charge in [0.2, 0.25) is 4.87 Å². The van der Waals surface area contributed by atoms with Gasteiger partial charge in [-0.2, -0.15) is 11.8 Å². The van der Waals surface area contributed by atoms with Crippen molar-refractivity contribution in [2.75, 3.05) is 18.3 Å². The third-order valence-electron chi connectivity index (χ3n) is 5.62. The summed E-state index contributed by atoms with van der Waals surface area (Å²) in [5, 5.41) is 2.39. The topological polar surface area (TPSA) is 124 Å². The summed E-state index contributed by atoms with van der Waals surface area (Å²) >= 11 is 1.33. The maximum atomic E-state index is 13.5. The van der Waals surface area contributed by atoms with Crippen LogP contribution in [0.15, 0.2) is 67.3 Å². The molecule has 11 heteroatoms. The van der Waals surface area contributed by atoms with E-state index < -0.39 is 26.5 Å². The lowest BCUT2D eigenvalue weighted by molar-refractivity contribution is -0.121. The Bertz CT molecular complexity index is 1360. The molecule has 0 bridgehead atoms. The third-order valence-corrected chi connectivity index (χ3v) is 8.01. The quantitative estimate of drug-likeness (QED) is 0.367. The van der Waals surface area contributed by atoms with Crippen LogP contribution in [0.3, 0.4) is 0 Å². The van der Waals surface area contributed by atoms with Gasteiger partial charge in [0.25, 0.3) is 11.8 Å². The van der Waals surface area contributed by atoms with Gasteiger partial charge in [-0.3, -0.25) is 9.59 Å². The van der Waals surface area contributed by atoms with Gasteiger partial charge in [-0.1, -0.05) is 24.3 Å². The summed E-state index contributed by atoms with van der Waals surface area (Å²) in [4.78, 5) is 27.2. The fourth-order valence-electron chi connectivity index (χ4n) is 3.64. The molecular weight excluding hydrogens is 503 g/mol. The molecule has 1 atom stereocenters. The van der Waals surface area contributed by atoms with Crippen molar-refractivity contribution in [2.24, 2.45) is 5.73 Å². The predicted octanol–water partition coefficient (Wildman–Crippen LogP) is 2.97. The lowest BCUT2D eigenvalue weighted by Gasteiger charge is -2.29. The second-order valence-corrected chi connectivity index (χ2v) is 11.4. The van der Waals surface area contributed by atoms with E-state index in [0.29, 0.717) is 17.9 Å². The van der Waals surface area contributed by atoms with Crippen LogP contribution in [0.4, 0.5) is 4.39 Å². The zero-order valence-corrected chi connectivity index (χ0v) is 21.5. The van der Waals surface area contributed by atoms with Crippen LogP contribution >= 0.6 is 11.8 Å². The molecule has 8 nitrogen and oxygen atoms in total. The summed E-state index contributed by atoms with van der Waals surface area (Å²) in [7, 11) is -4.07. The summed E-state index contributed by atoms with van der Waals surface area (Å²) in [6, 6.07) is 12.6. The number of benzene rings is 2. The number of nitrogens with one attached hydrogen (secondary N) is 1. The lowest BCUT2D eigenvalue weighted by atomic mass is 10.0. The Balaban J connectivity index is 1.97. The van der Waals surface area contributed by atoms with E-state index in [1.165, 1.54) is 30.0 Å². The maximum Gasteiger partial charge on any atom is 0.259 e. The molecule has 2 amide bonds. The number of allylic oxidation sites excluding steroid dienone is 1. The smallest absolute Gasteiger partial charge is 0.259 e. The molecule has 3 N–H and O–H groups in total. The highest BCUT2D eigenvalue weighted by Crippen LogP contribution is 2.24. The molecule has 3 aromatic rings. The van der Waals surface area contributed by atoms with Crippen molar-refractivity contribution in [1.29, 1.82) is 0 Å². The first kappa shape index (κ1) is 27.2. The van der Waals surface area contributed by atoms with Gasteiger partial charge in [0.1, 0.15) is 5.82 Å². The number of imidazole rings is 1. The predicted molar refractivity (Wildman–Crippen MR) is 140 cm³/mol. The lowest BCUT2D eigenvalue weighted by Crippen LogP contribution is -2.62. The number of nitrogens with zero attached hydrogens (tertiary/aromatic N) is 2. The second kappa shape index (κ2) is 11.5. The molecule has 0 saturated carbocycles. The highest BCUT2D eigenvalue weighted by molar-refractivity contribution is 7.98. The number of hydrogen-bond acceptors (Lipinski definition) is 6. The standard InChI is InChI=1S/C25H27FN4O4S2/c1-35-13-10-25(24(27)32,36(2,33)34)29-23(31)20-5-3-4-18(14-20)15-21(16-30-12-11-28-17-30)19-6-8-22(26)9-7-19/h3-9,11-12,14-15,17H,10,13,16H2,1-2H3,(H2,27,32)(H,29,31)/b21-15-/t25-/m0/s1. The van der Waals surface area contributed by atoms with E-state index in [9.17, 15) is 22.4 Å². The molecule has 3 rings (SSSR count). The van der Waals surface area contributed by atoms with Crippen molar-refractivity contribution in [1.82, 2.24) is 14.9 Å². The minimum Gasteiger partial charge on any atom is -0.367 e. The number of halogens is 1. The van der Waals surface area contributed by atoms with Gasteiger partial charge >= 0.3 is 0 Å². The molecule has 0 fully saturated rings. The van der Waals surface area contributed by atoms with E-state index in [2.05, 4.69) is 10.3 Å².